The first kappa shape index (κ1) is 12.2. The van der Waals surface area contributed by atoms with Gasteiger partial charge in [-0.3, -0.25) is 9.11 Å². The van der Waals surface area contributed by atoms with Gasteiger partial charge in [0.1, 0.15) is 5.82 Å². The van der Waals surface area contributed by atoms with Gasteiger partial charge in [-0.25, -0.2) is 4.39 Å². The van der Waals surface area contributed by atoms with Crippen LogP contribution in [0.25, 0.3) is 0 Å². The molecule has 1 aliphatic rings. The maximum atomic E-state index is 13.1. The SMILES string of the molecule is O=S1CCN(Cc2cc(F)cc(Br)c2)CC1. The van der Waals surface area contributed by atoms with Gasteiger partial charge in [0.15, 0.2) is 0 Å². The molecule has 2 nitrogen and oxygen atoms in total. The Morgan fingerprint density at radius 3 is 2.62 bits per heavy atom. The van der Waals surface area contributed by atoms with Gasteiger partial charge in [-0.1, -0.05) is 15.9 Å². The number of rotatable bonds is 2. The van der Waals surface area contributed by atoms with Gasteiger partial charge in [-0.2, -0.15) is 0 Å². The molecule has 5 heteroatoms. The van der Waals surface area contributed by atoms with E-state index in [-0.39, 0.29) is 5.82 Å². The standard InChI is InChI=1S/C11H13BrFNOS/c12-10-5-9(6-11(13)7-10)8-14-1-3-16(15)4-2-14/h5-7H,1-4,8H2. The third-order valence-corrected chi connectivity index (χ3v) is 4.33. The monoisotopic (exact) mass is 305 g/mol. The number of hydrogen-bond donors (Lipinski definition) is 0. The van der Waals surface area contributed by atoms with Crippen LogP contribution < -0.4 is 0 Å². The molecule has 1 heterocycles. The van der Waals surface area contributed by atoms with Crippen LogP contribution in [0.15, 0.2) is 22.7 Å². The summed E-state index contributed by atoms with van der Waals surface area (Å²) in [5.41, 5.74) is 0.958. The van der Waals surface area contributed by atoms with Crippen molar-refractivity contribution in [1.29, 1.82) is 0 Å². The average molecular weight is 306 g/mol. The molecule has 0 saturated carbocycles. The van der Waals surface area contributed by atoms with Crippen LogP contribution in [0.4, 0.5) is 4.39 Å². The fourth-order valence-electron chi connectivity index (χ4n) is 1.79. The summed E-state index contributed by atoms with van der Waals surface area (Å²) in [5, 5.41) is 0. The summed E-state index contributed by atoms with van der Waals surface area (Å²) in [6.45, 7) is 2.40. The van der Waals surface area contributed by atoms with Crippen LogP contribution in [0.1, 0.15) is 5.56 Å². The first-order valence-corrected chi connectivity index (χ1v) is 7.44. The van der Waals surface area contributed by atoms with Crippen LogP contribution in [0.3, 0.4) is 0 Å². The van der Waals surface area contributed by atoms with Gasteiger partial charge < -0.3 is 0 Å². The maximum absolute atomic E-state index is 13.1. The Kier molecular flexibility index (Phi) is 4.10. The molecule has 16 heavy (non-hydrogen) atoms. The van der Waals surface area contributed by atoms with Crippen molar-refractivity contribution >= 4 is 26.7 Å². The Balaban J connectivity index is 2.00. The minimum absolute atomic E-state index is 0.218. The molecule has 0 atom stereocenters. The maximum Gasteiger partial charge on any atom is 0.124 e. The zero-order chi connectivity index (χ0) is 11.5. The van der Waals surface area contributed by atoms with Crippen LogP contribution in [0.2, 0.25) is 0 Å². The van der Waals surface area contributed by atoms with E-state index in [1.54, 1.807) is 6.07 Å². The van der Waals surface area contributed by atoms with Crippen LogP contribution >= 0.6 is 15.9 Å². The molecule has 1 aliphatic heterocycles. The molecular weight excluding hydrogens is 293 g/mol. The van der Waals surface area contributed by atoms with E-state index in [2.05, 4.69) is 20.8 Å². The van der Waals surface area contributed by atoms with E-state index < -0.39 is 10.8 Å². The molecule has 0 bridgehead atoms. The molecule has 0 spiro atoms. The van der Waals surface area contributed by atoms with Gasteiger partial charge in [0.25, 0.3) is 0 Å². The van der Waals surface area contributed by atoms with Gasteiger partial charge in [0.05, 0.1) is 0 Å². The second-order valence-corrected chi connectivity index (χ2v) is 6.51. The van der Waals surface area contributed by atoms with Crippen LogP contribution in [-0.4, -0.2) is 33.7 Å². The van der Waals surface area contributed by atoms with Gasteiger partial charge >= 0.3 is 0 Å². The second-order valence-electron chi connectivity index (χ2n) is 3.90. The molecule has 0 N–H and O–H groups in total. The van der Waals surface area contributed by atoms with Crippen molar-refractivity contribution in [2.45, 2.75) is 6.54 Å². The molecule has 1 aromatic rings. The van der Waals surface area contributed by atoms with E-state index in [0.717, 1.165) is 41.2 Å². The fourth-order valence-corrected chi connectivity index (χ4v) is 3.43. The average Bonchev–Trinajstić information content (AvgIpc) is 2.20. The molecule has 1 saturated heterocycles. The molecule has 0 aromatic heterocycles. The summed E-state index contributed by atoms with van der Waals surface area (Å²) in [7, 11) is -0.653. The zero-order valence-electron chi connectivity index (χ0n) is 8.79. The predicted octanol–water partition coefficient (Wildman–Crippen LogP) is 2.15. The number of nitrogens with zero attached hydrogens (tertiary/aromatic N) is 1. The lowest BCUT2D eigenvalue weighted by Gasteiger charge is -2.26. The molecule has 0 aliphatic carbocycles. The van der Waals surface area contributed by atoms with Gasteiger partial charge in [0, 0.05) is 46.4 Å². The Morgan fingerprint density at radius 1 is 1.31 bits per heavy atom. The first-order chi connectivity index (χ1) is 7.63. The highest BCUT2D eigenvalue weighted by Crippen LogP contribution is 2.17. The van der Waals surface area contributed by atoms with E-state index in [1.807, 2.05) is 6.07 Å². The van der Waals surface area contributed by atoms with Gasteiger partial charge in [-0.05, 0) is 23.8 Å². The normalized spacial score (nSPS) is 18.9. The van der Waals surface area contributed by atoms with Crippen LogP contribution in [-0.2, 0) is 17.3 Å². The van der Waals surface area contributed by atoms with Crippen molar-refractivity contribution in [1.82, 2.24) is 4.90 Å². The van der Waals surface area contributed by atoms with Crippen molar-refractivity contribution in [3.05, 3.63) is 34.1 Å². The van der Waals surface area contributed by atoms with Crippen LogP contribution in [0.5, 0.6) is 0 Å². The smallest absolute Gasteiger partial charge is 0.124 e. The third-order valence-electron chi connectivity index (χ3n) is 2.60. The summed E-state index contributed by atoms with van der Waals surface area (Å²) in [5.74, 6) is 1.25. The molecule has 0 amide bonds. The summed E-state index contributed by atoms with van der Waals surface area (Å²) in [4.78, 5) is 2.21. The lowest BCUT2D eigenvalue weighted by Crippen LogP contribution is -2.37. The van der Waals surface area contributed by atoms with Crippen LogP contribution in [0, 0.1) is 5.82 Å². The van der Waals surface area contributed by atoms with E-state index in [9.17, 15) is 8.60 Å². The fraction of sp³-hybridized carbons (Fsp3) is 0.455. The topological polar surface area (TPSA) is 20.3 Å². The van der Waals surface area contributed by atoms with Crippen molar-refractivity contribution in [3.8, 4) is 0 Å². The Labute approximate surface area is 105 Å². The Hall–Kier alpha value is -0.260. The summed E-state index contributed by atoms with van der Waals surface area (Å²) >= 11 is 3.28. The first-order valence-electron chi connectivity index (χ1n) is 5.16. The summed E-state index contributed by atoms with van der Waals surface area (Å²) < 4.78 is 25.1. The van der Waals surface area contributed by atoms with Crippen molar-refractivity contribution in [2.24, 2.45) is 0 Å². The van der Waals surface area contributed by atoms with E-state index >= 15 is 0 Å². The minimum atomic E-state index is -0.653. The molecule has 88 valence electrons. The van der Waals surface area contributed by atoms with Crippen molar-refractivity contribution < 1.29 is 8.60 Å². The summed E-state index contributed by atoms with van der Waals surface area (Å²) in [6.07, 6.45) is 0. The van der Waals surface area contributed by atoms with Gasteiger partial charge in [0.2, 0.25) is 0 Å². The molecular formula is C11H13BrFNOS. The summed E-state index contributed by atoms with van der Waals surface area (Å²) in [6, 6.07) is 4.93. The highest BCUT2D eigenvalue weighted by molar-refractivity contribution is 9.10. The highest BCUT2D eigenvalue weighted by atomic mass is 79.9. The zero-order valence-corrected chi connectivity index (χ0v) is 11.2. The highest BCUT2D eigenvalue weighted by Gasteiger charge is 2.15. The molecule has 1 fully saturated rings. The van der Waals surface area contributed by atoms with Crippen molar-refractivity contribution in [2.75, 3.05) is 24.6 Å². The van der Waals surface area contributed by atoms with E-state index in [1.165, 1.54) is 6.07 Å². The molecule has 0 radical (unpaired) electrons. The molecule has 0 unspecified atom stereocenters. The molecule has 1 aromatic carbocycles. The predicted molar refractivity (Wildman–Crippen MR) is 67.3 cm³/mol. The quantitative estimate of drug-likeness (QED) is 0.834. The van der Waals surface area contributed by atoms with Gasteiger partial charge in [-0.15, -0.1) is 0 Å². The number of hydrogen-bond acceptors (Lipinski definition) is 2. The minimum Gasteiger partial charge on any atom is -0.297 e. The number of halogens is 2. The second kappa shape index (κ2) is 5.38. The Bertz CT molecular complexity index is 383. The third kappa shape index (κ3) is 3.37. The Morgan fingerprint density at radius 2 is 2.00 bits per heavy atom. The van der Waals surface area contributed by atoms with Crippen molar-refractivity contribution in [3.63, 3.8) is 0 Å². The largest absolute Gasteiger partial charge is 0.297 e. The van der Waals surface area contributed by atoms with E-state index in [0.29, 0.717) is 0 Å². The number of benzene rings is 1. The molecule has 2 rings (SSSR count). The lowest BCUT2D eigenvalue weighted by molar-refractivity contribution is 0.291. The van der Waals surface area contributed by atoms with E-state index in [4.69, 9.17) is 0 Å². The lowest BCUT2D eigenvalue weighted by atomic mass is 10.2.